The first-order valence-electron chi connectivity index (χ1n) is 10.6. The van der Waals surface area contributed by atoms with E-state index in [4.69, 9.17) is 9.73 Å². The summed E-state index contributed by atoms with van der Waals surface area (Å²) in [6.07, 6.45) is 2.67. The van der Waals surface area contributed by atoms with Crippen molar-refractivity contribution in [2.75, 3.05) is 12.9 Å². The van der Waals surface area contributed by atoms with E-state index in [2.05, 4.69) is 10.3 Å². The summed E-state index contributed by atoms with van der Waals surface area (Å²) in [6.45, 7) is 0. The summed E-state index contributed by atoms with van der Waals surface area (Å²) >= 11 is 1.43. The van der Waals surface area contributed by atoms with Crippen LogP contribution < -0.4 is 10.1 Å². The number of pyridine rings is 1. The molecule has 2 aromatic carbocycles. The first kappa shape index (κ1) is 21.6. The number of hydrogen-bond donors (Lipinski definition) is 1. The van der Waals surface area contributed by atoms with Gasteiger partial charge in [-0.25, -0.2) is 18.8 Å². The van der Waals surface area contributed by atoms with Gasteiger partial charge in [0.15, 0.2) is 5.17 Å². The summed E-state index contributed by atoms with van der Waals surface area (Å²) in [5.74, 6) is -0.558. The highest BCUT2D eigenvalue weighted by atomic mass is 32.2. The van der Waals surface area contributed by atoms with E-state index in [9.17, 15) is 9.18 Å². The van der Waals surface area contributed by atoms with Crippen LogP contribution in [0.3, 0.4) is 0 Å². The second-order valence-electron chi connectivity index (χ2n) is 8.13. The SMILES string of the molecule is COc1nccc2c1C[C@]1(c3ccc(F)cc3F)N=C(NC(=O)c3ccccc3)SCC1C2. The molecule has 0 fully saturated rings. The minimum absolute atomic E-state index is 0.0561. The minimum Gasteiger partial charge on any atom is -0.481 e. The van der Waals surface area contributed by atoms with Gasteiger partial charge in [-0.3, -0.25) is 4.79 Å². The van der Waals surface area contributed by atoms with Crippen molar-refractivity contribution >= 4 is 22.8 Å². The molecule has 2 heterocycles. The molecular formula is C25H21F2N3O2S. The van der Waals surface area contributed by atoms with E-state index in [1.807, 2.05) is 12.1 Å². The number of benzene rings is 2. The largest absolute Gasteiger partial charge is 0.481 e. The second-order valence-corrected chi connectivity index (χ2v) is 9.14. The lowest BCUT2D eigenvalue weighted by Gasteiger charge is -2.45. The molecule has 1 aliphatic carbocycles. The third kappa shape index (κ3) is 3.88. The normalized spacial score (nSPS) is 21.4. The van der Waals surface area contributed by atoms with Gasteiger partial charge in [-0.2, -0.15) is 0 Å². The summed E-state index contributed by atoms with van der Waals surface area (Å²) in [4.78, 5) is 22.0. The third-order valence-electron chi connectivity index (χ3n) is 6.27. The number of nitrogens with zero attached hydrogens (tertiary/aromatic N) is 2. The Morgan fingerprint density at radius 3 is 2.76 bits per heavy atom. The predicted molar refractivity (Wildman–Crippen MR) is 124 cm³/mol. The van der Waals surface area contributed by atoms with E-state index < -0.39 is 17.2 Å². The molecule has 33 heavy (non-hydrogen) atoms. The Bertz CT molecular complexity index is 1250. The highest BCUT2D eigenvalue weighted by Gasteiger charge is 2.49. The van der Waals surface area contributed by atoms with E-state index in [1.54, 1.807) is 37.6 Å². The number of thioether (sulfide) groups is 1. The monoisotopic (exact) mass is 465 g/mol. The molecular weight excluding hydrogens is 444 g/mol. The van der Waals surface area contributed by atoms with Gasteiger partial charge < -0.3 is 10.1 Å². The first-order valence-corrected chi connectivity index (χ1v) is 11.5. The Morgan fingerprint density at radius 1 is 1.18 bits per heavy atom. The van der Waals surface area contributed by atoms with E-state index in [-0.39, 0.29) is 11.8 Å². The van der Waals surface area contributed by atoms with Crippen LogP contribution in [0.2, 0.25) is 0 Å². The third-order valence-corrected chi connectivity index (χ3v) is 7.31. The number of fused-ring (bicyclic) bond motifs is 2. The number of halogens is 2. The van der Waals surface area contributed by atoms with Crippen molar-refractivity contribution in [2.24, 2.45) is 10.9 Å². The van der Waals surface area contributed by atoms with Gasteiger partial charge in [-0.15, -0.1) is 0 Å². The highest BCUT2D eigenvalue weighted by Crippen LogP contribution is 2.50. The summed E-state index contributed by atoms with van der Waals surface area (Å²) in [7, 11) is 1.55. The highest BCUT2D eigenvalue weighted by molar-refractivity contribution is 8.13. The lowest BCUT2D eigenvalue weighted by molar-refractivity contribution is 0.0977. The standard InChI is InChI=1S/C25H21F2N3O2S/c1-32-23-19-13-25(20-8-7-18(26)12-21(20)27)17(11-16(19)9-10-28-23)14-33-24(30-25)29-22(31)15-5-3-2-4-6-15/h2-10,12,17H,11,13-14H2,1H3,(H,29,30,31)/t17?,25-/m0/s1. The van der Waals surface area contributed by atoms with Gasteiger partial charge in [0.05, 0.1) is 12.6 Å². The molecule has 0 saturated carbocycles. The van der Waals surface area contributed by atoms with Crippen LogP contribution in [0.25, 0.3) is 0 Å². The number of aliphatic imine (C=N–C) groups is 1. The van der Waals surface area contributed by atoms with Gasteiger partial charge in [0, 0.05) is 47.0 Å². The van der Waals surface area contributed by atoms with Crippen LogP contribution in [-0.2, 0) is 18.4 Å². The predicted octanol–water partition coefficient (Wildman–Crippen LogP) is 4.51. The van der Waals surface area contributed by atoms with E-state index in [0.717, 1.165) is 17.2 Å². The number of amides is 1. The molecule has 5 nitrogen and oxygen atoms in total. The summed E-state index contributed by atoms with van der Waals surface area (Å²) in [5, 5.41) is 3.29. The van der Waals surface area contributed by atoms with Crippen LogP contribution in [-0.4, -0.2) is 28.9 Å². The number of carbonyl (C=O) groups is 1. The molecule has 2 atom stereocenters. The average molecular weight is 466 g/mol. The quantitative estimate of drug-likeness (QED) is 0.618. The van der Waals surface area contributed by atoms with Crippen LogP contribution in [0, 0.1) is 17.6 Å². The fourth-order valence-electron chi connectivity index (χ4n) is 4.67. The number of hydrogen-bond acceptors (Lipinski definition) is 5. The van der Waals surface area contributed by atoms with Crippen LogP contribution in [0.1, 0.15) is 27.0 Å². The number of amidine groups is 1. The van der Waals surface area contributed by atoms with Crippen LogP contribution in [0.4, 0.5) is 8.78 Å². The van der Waals surface area contributed by atoms with E-state index >= 15 is 4.39 Å². The summed E-state index contributed by atoms with van der Waals surface area (Å²) in [6, 6.07) is 14.4. The number of rotatable bonds is 3. The first-order chi connectivity index (χ1) is 16.0. The maximum Gasteiger partial charge on any atom is 0.257 e. The van der Waals surface area contributed by atoms with Crippen molar-refractivity contribution < 1.29 is 18.3 Å². The zero-order chi connectivity index (χ0) is 23.0. The fraction of sp³-hybridized carbons (Fsp3) is 0.240. The molecule has 3 aromatic rings. The topological polar surface area (TPSA) is 63.6 Å². The lowest BCUT2D eigenvalue weighted by Crippen LogP contribution is -2.48. The maximum atomic E-state index is 15.2. The van der Waals surface area contributed by atoms with Gasteiger partial charge in [-0.05, 0) is 36.2 Å². The number of nitrogens with one attached hydrogen (secondary N) is 1. The fourth-order valence-corrected chi connectivity index (χ4v) is 5.82. The van der Waals surface area contributed by atoms with Gasteiger partial charge in [-0.1, -0.05) is 36.0 Å². The molecule has 1 aliphatic heterocycles. The Hall–Kier alpha value is -3.26. The molecule has 1 unspecified atom stereocenters. The van der Waals surface area contributed by atoms with Crippen molar-refractivity contribution in [2.45, 2.75) is 18.4 Å². The number of methoxy groups -OCH3 is 1. The molecule has 1 aromatic heterocycles. The molecule has 1 amide bonds. The van der Waals surface area contributed by atoms with Crippen molar-refractivity contribution in [3.63, 3.8) is 0 Å². The molecule has 1 N–H and O–H groups in total. The van der Waals surface area contributed by atoms with Gasteiger partial charge >= 0.3 is 0 Å². The summed E-state index contributed by atoms with van der Waals surface area (Å²) < 4.78 is 34.4. The average Bonchev–Trinajstić information content (AvgIpc) is 2.82. The Morgan fingerprint density at radius 2 is 2.00 bits per heavy atom. The maximum absolute atomic E-state index is 15.2. The van der Waals surface area contributed by atoms with Crippen molar-refractivity contribution in [3.8, 4) is 5.88 Å². The van der Waals surface area contributed by atoms with Crippen molar-refractivity contribution in [3.05, 3.63) is 94.7 Å². The molecule has 2 aliphatic rings. The van der Waals surface area contributed by atoms with E-state index in [1.165, 1.54) is 23.9 Å². The van der Waals surface area contributed by atoms with Crippen LogP contribution in [0.15, 0.2) is 65.8 Å². The molecule has 0 spiro atoms. The molecule has 0 bridgehead atoms. The molecule has 0 radical (unpaired) electrons. The van der Waals surface area contributed by atoms with Crippen molar-refractivity contribution in [1.29, 1.82) is 0 Å². The Kier molecular flexibility index (Phi) is 5.62. The van der Waals surface area contributed by atoms with Crippen LogP contribution in [0.5, 0.6) is 5.88 Å². The Balaban J connectivity index is 1.62. The van der Waals surface area contributed by atoms with Gasteiger partial charge in [0.2, 0.25) is 5.88 Å². The molecule has 5 rings (SSSR count). The lowest BCUT2D eigenvalue weighted by atomic mass is 9.67. The van der Waals surface area contributed by atoms with Crippen LogP contribution >= 0.6 is 11.8 Å². The zero-order valence-electron chi connectivity index (χ0n) is 17.8. The molecule has 168 valence electrons. The minimum atomic E-state index is -1.02. The number of carbonyl (C=O) groups excluding carboxylic acids is 1. The number of ether oxygens (including phenoxy) is 1. The van der Waals surface area contributed by atoms with E-state index in [0.29, 0.717) is 40.8 Å². The number of aromatic nitrogens is 1. The summed E-state index contributed by atoms with van der Waals surface area (Å²) in [5.41, 5.74) is 1.72. The Labute approximate surface area is 194 Å². The molecule has 0 saturated heterocycles. The second kappa shape index (κ2) is 8.59. The smallest absolute Gasteiger partial charge is 0.257 e. The van der Waals surface area contributed by atoms with Crippen molar-refractivity contribution in [1.82, 2.24) is 10.3 Å². The zero-order valence-corrected chi connectivity index (χ0v) is 18.7. The molecule has 8 heteroatoms. The van der Waals surface area contributed by atoms with Gasteiger partial charge in [0.1, 0.15) is 11.6 Å². The van der Waals surface area contributed by atoms with Gasteiger partial charge in [0.25, 0.3) is 5.91 Å².